The van der Waals surface area contributed by atoms with Crippen LogP contribution in [0.5, 0.6) is 0 Å². The van der Waals surface area contributed by atoms with Crippen LogP contribution in [0.2, 0.25) is 0 Å². The van der Waals surface area contributed by atoms with E-state index < -0.39 is 47.8 Å². The maximum Gasteiger partial charge on any atom is 0.388 e. The standard InChI is InChI=1S/C10H5F11O/c1-2-3-6(14)7(15,16)8(17,18)9(19,20)10(6,21)22-5(13)4(11)12/h2H,1,3H2. The molecule has 0 amide bonds. The molecule has 0 radical (unpaired) electrons. The minimum absolute atomic E-state index is 0.00347. The first-order valence-corrected chi connectivity index (χ1v) is 5.16. The van der Waals surface area contributed by atoms with Crippen molar-refractivity contribution >= 4 is 0 Å². The average Bonchev–Trinajstić information content (AvgIpc) is 2.41. The Balaban J connectivity index is 3.70. The molecule has 1 nitrogen and oxygen atoms in total. The zero-order chi connectivity index (χ0) is 17.8. The summed E-state index contributed by atoms with van der Waals surface area (Å²) < 4.78 is 146. The molecule has 0 aromatic rings. The van der Waals surface area contributed by atoms with E-state index in [1.807, 2.05) is 0 Å². The Bertz CT molecular complexity index is 509. The summed E-state index contributed by atoms with van der Waals surface area (Å²) in [6.45, 7) is 2.57. The van der Waals surface area contributed by atoms with Crippen LogP contribution in [0.1, 0.15) is 6.42 Å². The summed E-state index contributed by atoms with van der Waals surface area (Å²) in [6, 6.07) is -3.54. The number of allylic oxidation sites excluding steroid dienone is 1. The van der Waals surface area contributed by atoms with Crippen molar-refractivity contribution in [3.05, 3.63) is 24.7 Å². The summed E-state index contributed by atoms with van der Waals surface area (Å²) in [5.41, 5.74) is -5.57. The van der Waals surface area contributed by atoms with Gasteiger partial charge in [0.2, 0.25) is 0 Å². The van der Waals surface area contributed by atoms with E-state index >= 15 is 0 Å². The molecule has 1 fully saturated rings. The lowest BCUT2D eigenvalue weighted by Crippen LogP contribution is -2.58. The highest BCUT2D eigenvalue weighted by atomic mass is 19.4. The van der Waals surface area contributed by atoms with Crippen LogP contribution in [0.25, 0.3) is 0 Å². The summed E-state index contributed by atoms with van der Waals surface area (Å²) in [5.74, 6) is -25.9. The van der Waals surface area contributed by atoms with E-state index in [-0.39, 0.29) is 6.08 Å². The van der Waals surface area contributed by atoms with E-state index in [9.17, 15) is 48.3 Å². The van der Waals surface area contributed by atoms with Gasteiger partial charge in [-0.25, -0.2) is 4.39 Å². The van der Waals surface area contributed by atoms with Gasteiger partial charge in [0.25, 0.3) is 5.67 Å². The Labute approximate surface area is 115 Å². The number of rotatable bonds is 4. The number of halogens is 11. The van der Waals surface area contributed by atoms with Crippen molar-refractivity contribution in [2.45, 2.75) is 35.7 Å². The monoisotopic (exact) mass is 350 g/mol. The highest BCUT2D eigenvalue weighted by Crippen LogP contribution is 2.70. The summed E-state index contributed by atoms with van der Waals surface area (Å²) in [6.07, 6.45) is -5.85. The molecule has 0 aromatic carbocycles. The lowest BCUT2D eigenvalue weighted by molar-refractivity contribution is -0.331. The molecule has 0 N–H and O–H groups in total. The lowest BCUT2D eigenvalue weighted by Gasteiger charge is -2.34. The molecular weight excluding hydrogens is 345 g/mol. The molecule has 1 aliphatic carbocycles. The molecule has 0 aromatic heterocycles. The third kappa shape index (κ3) is 1.78. The Morgan fingerprint density at radius 1 is 0.818 bits per heavy atom. The van der Waals surface area contributed by atoms with Gasteiger partial charge >= 0.3 is 35.7 Å². The van der Waals surface area contributed by atoms with Crippen LogP contribution in [0.4, 0.5) is 48.3 Å². The second-order valence-electron chi connectivity index (χ2n) is 4.25. The smallest absolute Gasteiger partial charge is 0.388 e. The Morgan fingerprint density at radius 3 is 1.64 bits per heavy atom. The van der Waals surface area contributed by atoms with E-state index in [2.05, 4.69) is 11.3 Å². The summed E-state index contributed by atoms with van der Waals surface area (Å²) >= 11 is 0. The second kappa shape index (κ2) is 4.75. The van der Waals surface area contributed by atoms with Gasteiger partial charge in [-0.1, -0.05) is 6.08 Å². The van der Waals surface area contributed by atoms with Crippen LogP contribution in [-0.4, -0.2) is 29.3 Å². The highest BCUT2D eigenvalue weighted by molar-refractivity contribution is 5.28. The molecule has 2 atom stereocenters. The molecule has 0 spiro atoms. The van der Waals surface area contributed by atoms with Gasteiger partial charge in [-0.05, 0) is 0 Å². The summed E-state index contributed by atoms with van der Waals surface area (Å²) in [5, 5.41) is 0. The van der Waals surface area contributed by atoms with Crippen molar-refractivity contribution in [1.82, 2.24) is 0 Å². The van der Waals surface area contributed by atoms with Crippen LogP contribution in [0.3, 0.4) is 0 Å². The van der Waals surface area contributed by atoms with Gasteiger partial charge in [0.05, 0.1) is 0 Å². The molecule has 0 saturated heterocycles. The number of ether oxygens (including phenoxy) is 1. The fourth-order valence-electron chi connectivity index (χ4n) is 1.86. The molecule has 1 saturated carbocycles. The number of hydrogen-bond acceptors (Lipinski definition) is 1. The molecule has 2 unspecified atom stereocenters. The minimum Gasteiger partial charge on any atom is -0.420 e. The van der Waals surface area contributed by atoms with Crippen LogP contribution in [-0.2, 0) is 4.74 Å². The van der Waals surface area contributed by atoms with Gasteiger partial charge in [-0.15, -0.1) is 6.58 Å². The van der Waals surface area contributed by atoms with E-state index in [1.165, 1.54) is 0 Å². The SMILES string of the molecule is C=CCC1(F)C(F)(F)C(F)(F)C(F)(F)C1(F)OC(F)=C(F)F. The van der Waals surface area contributed by atoms with Gasteiger partial charge in [0, 0.05) is 6.42 Å². The number of alkyl halides is 8. The molecule has 1 rings (SSSR count). The zero-order valence-corrected chi connectivity index (χ0v) is 10.1. The molecule has 12 heteroatoms. The van der Waals surface area contributed by atoms with E-state index in [0.29, 0.717) is 0 Å². The maximum absolute atomic E-state index is 14.0. The first-order chi connectivity index (χ1) is 9.64. The van der Waals surface area contributed by atoms with Gasteiger partial charge < -0.3 is 4.74 Å². The van der Waals surface area contributed by atoms with Crippen molar-refractivity contribution in [2.24, 2.45) is 0 Å². The van der Waals surface area contributed by atoms with Crippen molar-refractivity contribution < 1.29 is 53.0 Å². The molecule has 0 aliphatic heterocycles. The Kier molecular flexibility index (Phi) is 4.01. The van der Waals surface area contributed by atoms with Crippen molar-refractivity contribution in [1.29, 1.82) is 0 Å². The molecule has 22 heavy (non-hydrogen) atoms. The summed E-state index contributed by atoms with van der Waals surface area (Å²) in [7, 11) is 0. The molecule has 0 bridgehead atoms. The predicted octanol–water partition coefficient (Wildman–Crippen LogP) is 4.91. The summed E-state index contributed by atoms with van der Waals surface area (Å²) in [4.78, 5) is 0. The van der Waals surface area contributed by atoms with Crippen LogP contribution < -0.4 is 0 Å². The molecular formula is C10H5F11O. The third-order valence-electron chi connectivity index (χ3n) is 3.00. The normalized spacial score (nSPS) is 35.0. The van der Waals surface area contributed by atoms with E-state index in [4.69, 9.17) is 0 Å². The molecule has 128 valence electrons. The minimum atomic E-state index is -6.69. The predicted molar refractivity (Wildman–Crippen MR) is 48.8 cm³/mol. The van der Waals surface area contributed by atoms with Gasteiger partial charge in [-0.2, -0.15) is 43.9 Å². The zero-order valence-electron chi connectivity index (χ0n) is 10.1. The quantitative estimate of drug-likeness (QED) is 0.398. The van der Waals surface area contributed by atoms with Crippen molar-refractivity contribution in [2.75, 3.05) is 0 Å². The van der Waals surface area contributed by atoms with Crippen LogP contribution in [0, 0.1) is 0 Å². The average molecular weight is 350 g/mol. The fraction of sp³-hybridized carbons (Fsp3) is 0.600. The van der Waals surface area contributed by atoms with Crippen LogP contribution >= 0.6 is 0 Å². The van der Waals surface area contributed by atoms with Crippen LogP contribution in [0.15, 0.2) is 24.7 Å². The topological polar surface area (TPSA) is 9.23 Å². The van der Waals surface area contributed by atoms with Gasteiger partial charge in [-0.3, -0.25) is 0 Å². The number of hydrogen-bond donors (Lipinski definition) is 0. The van der Waals surface area contributed by atoms with E-state index in [0.717, 1.165) is 0 Å². The maximum atomic E-state index is 14.0. The third-order valence-corrected chi connectivity index (χ3v) is 3.00. The molecule has 1 aliphatic rings. The van der Waals surface area contributed by atoms with E-state index in [1.54, 1.807) is 0 Å². The van der Waals surface area contributed by atoms with Gasteiger partial charge in [0.15, 0.2) is 0 Å². The lowest BCUT2D eigenvalue weighted by atomic mass is 9.92. The molecule has 0 heterocycles. The Morgan fingerprint density at radius 2 is 1.27 bits per heavy atom. The first-order valence-electron chi connectivity index (χ1n) is 5.16. The fourth-order valence-corrected chi connectivity index (χ4v) is 1.86. The first kappa shape index (κ1) is 18.6. The van der Waals surface area contributed by atoms with Gasteiger partial charge in [0.1, 0.15) is 0 Å². The highest BCUT2D eigenvalue weighted by Gasteiger charge is 3.00. The Hall–Kier alpha value is -1.49. The second-order valence-corrected chi connectivity index (χ2v) is 4.25. The van der Waals surface area contributed by atoms with Crippen molar-refractivity contribution in [3.63, 3.8) is 0 Å². The van der Waals surface area contributed by atoms with Crippen molar-refractivity contribution in [3.8, 4) is 0 Å². The largest absolute Gasteiger partial charge is 0.420 e.